The van der Waals surface area contributed by atoms with E-state index in [4.69, 9.17) is 4.98 Å². The minimum atomic E-state index is 0.913. The zero-order valence-electron chi connectivity index (χ0n) is 33.7. The second-order valence-electron chi connectivity index (χ2n) is 16.0. The predicted molar refractivity (Wildman–Crippen MR) is 259 cm³/mol. The molecule has 4 heteroatoms. The summed E-state index contributed by atoms with van der Waals surface area (Å²) in [5, 5.41) is 7.41. The van der Waals surface area contributed by atoms with Crippen molar-refractivity contribution in [1.82, 2.24) is 19.9 Å². The number of aromatic nitrogens is 4. The van der Waals surface area contributed by atoms with Crippen LogP contribution in [0.4, 0.5) is 0 Å². The van der Waals surface area contributed by atoms with E-state index in [0.717, 1.165) is 61.7 Å². The van der Waals surface area contributed by atoms with Crippen LogP contribution in [-0.2, 0) is 0 Å². The number of hydrogen-bond acceptors (Lipinski definition) is 2. The molecule has 0 saturated carbocycles. The zero-order chi connectivity index (χ0) is 41.0. The van der Waals surface area contributed by atoms with E-state index in [1.165, 1.54) is 60.0 Å². The summed E-state index contributed by atoms with van der Waals surface area (Å²) in [7, 11) is 0. The molecule has 0 atom stereocenters. The second-order valence-corrected chi connectivity index (χ2v) is 16.0. The molecular weight excluding hydrogens is 753 g/mol. The van der Waals surface area contributed by atoms with Crippen LogP contribution >= 0.6 is 0 Å². The molecule has 12 rings (SSSR count). The third-order valence-electron chi connectivity index (χ3n) is 12.3. The van der Waals surface area contributed by atoms with Crippen molar-refractivity contribution in [3.05, 3.63) is 219 Å². The highest BCUT2D eigenvalue weighted by Crippen LogP contribution is 2.37. The normalized spacial score (nSPS) is 11.5. The fraction of sp³-hybridized carbons (Fsp3) is 0. The largest absolute Gasteiger partial charge is 0.354 e. The molecule has 62 heavy (non-hydrogen) atoms. The van der Waals surface area contributed by atoms with Gasteiger partial charge in [0.05, 0.1) is 22.4 Å². The average molecular weight is 791 g/mol. The van der Waals surface area contributed by atoms with Gasteiger partial charge in [-0.05, 0) is 80.0 Å². The molecule has 0 fully saturated rings. The van der Waals surface area contributed by atoms with Gasteiger partial charge in [-0.1, -0.05) is 176 Å². The highest BCUT2D eigenvalue weighted by atomic mass is 14.7. The maximum atomic E-state index is 5.29. The maximum absolute atomic E-state index is 5.29. The highest BCUT2D eigenvalue weighted by Gasteiger charge is 2.14. The molecule has 2 N–H and O–H groups in total. The molecule has 0 saturated heterocycles. The van der Waals surface area contributed by atoms with Crippen molar-refractivity contribution >= 4 is 43.4 Å². The Morgan fingerprint density at radius 2 is 0.726 bits per heavy atom. The van der Waals surface area contributed by atoms with Crippen LogP contribution in [-0.4, -0.2) is 19.9 Å². The first kappa shape index (κ1) is 35.6. The molecule has 0 aliphatic rings. The summed E-state index contributed by atoms with van der Waals surface area (Å²) in [4.78, 5) is 16.9. The van der Waals surface area contributed by atoms with Gasteiger partial charge in [0.1, 0.15) is 0 Å². The van der Waals surface area contributed by atoms with Gasteiger partial charge in [0.2, 0.25) is 0 Å². The number of rotatable bonds is 7. The number of pyridine rings is 2. The quantitative estimate of drug-likeness (QED) is 0.169. The molecule has 0 radical (unpaired) electrons. The molecule has 0 aliphatic heterocycles. The summed E-state index contributed by atoms with van der Waals surface area (Å²) in [5.74, 6) is 0. The number of benzene rings is 8. The van der Waals surface area contributed by atoms with Gasteiger partial charge in [0, 0.05) is 62.0 Å². The highest BCUT2D eigenvalue weighted by molar-refractivity contribution is 6.08. The molecule has 4 aromatic heterocycles. The summed E-state index contributed by atoms with van der Waals surface area (Å²) >= 11 is 0. The molecule has 4 heterocycles. The zero-order valence-corrected chi connectivity index (χ0v) is 33.7. The standard InChI is InChI=1S/C58H38N4/c1-3-7-50-41(5-1)19-27-48-35-54(61-57(48)50)44-21-11-38(12-22-44)37-9-17-43(18-10-37)52-29-30-53(46-31-33-59-34-32-46)60-56(52)47-25-15-40(16-26-47)39-13-23-45(24-14-39)55-36-49-28-20-42-6-2-4-8-51(42)58(49)62-55/h1-36,61-62H. The topological polar surface area (TPSA) is 57.4 Å². The molecule has 0 spiro atoms. The van der Waals surface area contributed by atoms with Crippen LogP contribution in [0.25, 0.3) is 122 Å². The summed E-state index contributed by atoms with van der Waals surface area (Å²) in [5.41, 5.74) is 17.7. The van der Waals surface area contributed by atoms with E-state index < -0.39 is 0 Å². The average Bonchev–Trinajstić information content (AvgIpc) is 4.01. The maximum Gasteiger partial charge on any atom is 0.0787 e. The van der Waals surface area contributed by atoms with Gasteiger partial charge in [-0.3, -0.25) is 4.98 Å². The molecular formula is C58H38N4. The van der Waals surface area contributed by atoms with Gasteiger partial charge in [-0.15, -0.1) is 0 Å². The Morgan fingerprint density at radius 1 is 0.306 bits per heavy atom. The van der Waals surface area contributed by atoms with E-state index >= 15 is 0 Å². The van der Waals surface area contributed by atoms with Gasteiger partial charge in [-0.2, -0.15) is 0 Å². The Kier molecular flexibility index (Phi) is 8.46. The molecule has 0 unspecified atom stereocenters. The lowest BCUT2D eigenvalue weighted by Gasteiger charge is -2.13. The van der Waals surface area contributed by atoms with E-state index in [1.807, 2.05) is 24.5 Å². The Bertz CT molecular complexity index is 3580. The van der Waals surface area contributed by atoms with E-state index in [9.17, 15) is 0 Å². The first-order valence-corrected chi connectivity index (χ1v) is 21.0. The van der Waals surface area contributed by atoms with E-state index in [0.29, 0.717) is 0 Å². The fourth-order valence-corrected chi connectivity index (χ4v) is 9.00. The van der Waals surface area contributed by atoms with Crippen molar-refractivity contribution in [1.29, 1.82) is 0 Å². The van der Waals surface area contributed by atoms with Crippen molar-refractivity contribution in [2.75, 3.05) is 0 Å². The van der Waals surface area contributed by atoms with Crippen LogP contribution in [0.1, 0.15) is 0 Å². The van der Waals surface area contributed by atoms with Crippen molar-refractivity contribution in [2.24, 2.45) is 0 Å². The number of fused-ring (bicyclic) bond motifs is 6. The molecule has 0 bridgehead atoms. The van der Waals surface area contributed by atoms with Gasteiger partial charge < -0.3 is 9.97 Å². The predicted octanol–water partition coefficient (Wildman–Crippen LogP) is 15.4. The third-order valence-corrected chi connectivity index (χ3v) is 12.3. The lowest BCUT2D eigenvalue weighted by Crippen LogP contribution is -1.93. The van der Waals surface area contributed by atoms with Gasteiger partial charge >= 0.3 is 0 Å². The Balaban J connectivity index is 0.828. The summed E-state index contributed by atoms with van der Waals surface area (Å²) in [6.45, 7) is 0. The first-order valence-electron chi connectivity index (χ1n) is 21.0. The Labute approximate surface area is 358 Å². The van der Waals surface area contributed by atoms with E-state index in [1.54, 1.807) is 0 Å². The van der Waals surface area contributed by atoms with Crippen LogP contribution in [0.5, 0.6) is 0 Å². The molecule has 0 amide bonds. The molecule has 0 aliphatic carbocycles. The van der Waals surface area contributed by atoms with Crippen LogP contribution in [0.15, 0.2) is 219 Å². The summed E-state index contributed by atoms with van der Waals surface area (Å²) in [6.07, 6.45) is 3.63. The third kappa shape index (κ3) is 6.34. The van der Waals surface area contributed by atoms with Crippen LogP contribution in [0, 0.1) is 0 Å². The van der Waals surface area contributed by atoms with E-state index in [2.05, 4.69) is 209 Å². The monoisotopic (exact) mass is 790 g/mol. The molecule has 12 aromatic rings. The Hall–Kier alpha value is -8.34. The second kappa shape index (κ2) is 14.7. The molecule has 290 valence electrons. The smallest absolute Gasteiger partial charge is 0.0787 e. The molecule has 4 nitrogen and oxygen atoms in total. The minimum absolute atomic E-state index is 0.913. The minimum Gasteiger partial charge on any atom is -0.354 e. The number of nitrogens with one attached hydrogen (secondary N) is 2. The Morgan fingerprint density at radius 3 is 1.23 bits per heavy atom. The summed E-state index contributed by atoms with van der Waals surface area (Å²) < 4.78 is 0. The lowest BCUT2D eigenvalue weighted by molar-refractivity contribution is 1.29. The van der Waals surface area contributed by atoms with Crippen LogP contribution in [0.3, 0.4) is 0 Å². The van der Waals surface area contributed by atoms with Crippen molar-refractivity contribution in [3.8, 4) is 78.4 Å². The van der Waals surface area contributed by atoms with Gasteiger partial charge in [-0.25, -0.2) is 4.98 Å². The number of H-pyrrole nitrogens is 2. The number of hydrogen-bond donors (Lipinski definition) is 2. The van der Waals surface area contributed by atoms with Crippen molar-refractivity contribution in [3.63, 3.8) is 0 Å². The number of nitrogens with zero attached hydrogens (tertiary/aromatic N) is 2. The first-order chi connectivity index (χ1) is 30.7. The fourth-order valence-electron chi connectivity index (χ4n) is 9.00. The van der Waals surface area contributed by atoms with Gasteiger partial charge in [0.25, 0.3) is 0 Å². The SMILES string of the molecule is c1ccc2c(c1)ccc1cc(-c3ccc(-c4ccc(-c5ccc(-c6ccncc6)nc5-c5ccc(-c6ccc(-c7cc8ccc9ccccc9c8[nH]7)cc6)cc5)cc4)cc3)[nH]c12. The van der Waals surface area contributed by atoms with Crippen LogP contribution in [0.2, 0.25) is 0 Å². The van der Waals surface area contributed by atoms with Gasteiger partial charge in [0.15, 0.2) is 0 Å². The van der Waals surface area contributed by atoms with Crippen LogP contribution < -0.4 is 0 Å². The summed E-state index contributed by atoms with van der Waals surface area (Å²) in [6, 6.07) is 74.0. The van der Waals surface area contributed by atoms with E-state index in [-0.39, 0.29) is 0 Å². The molecule has 8 aromatic carbocycles. The van der Waals surface area contributed by atoms with Crippen molar-refractivity contribution in [2.45, 2.75) is 0 Å². The van der Waals surface area contributed by atoms with Crippen molar-refractivity contribution < 1.29 is 0 Å². The number of aromatic amines is 2. The lowest BCUT2D eigenvalue weighted by atomic mass is 9.94.